The molecule has 0 aliphatic heterocycles. The quantitative estimate of drug-likeness (QED) is 0.280. The lowest BCUT2D eigenvalue weighted by atomic mass is 9.66. The molecule has 178 valence electrons. The summed E-state index contributed by atoms with van der Waals surface area (Å²) >= 11 is 0. The van der Waals surface area contributed by atoms with Gasteiger partial charge in [0, 0.05) is 16.6 Å². The van der Waals surface area contributed by atoms with Crippen LogP contribution in [0.3, 0.4) is 0 Å². The zero-order chi connectivity index (χ0) is 24.8. The molecule has 0 saturated carbocycles. The Morgan fingerprint density at radius 1 is 0.629 bits per heavy atom. The van der Waals surface area contributed by atoms with Gasteiger partial charge in [-0.3, -0.25) is 9.59 Å². The summed E-state index contributed by atoms with van der Waals surface area (Å²) < 4.78 is 10.4. The van der Waals surface area contributed by atoms with Gasteiger partial charge in [0.15, 0.2) is 0 Å². The number of hydrogen-bond donors (Lipinski definition) is 0. The zero-order valence-corrected chi connectivity index (χ0v) is 20.4. The van der Waals surface area contributed by atoms with E-state index in [1.54, 1.807) is 6.92 Å². The van der Waals surface area contributed by atoms with Crippen LogP contribution in [0.5, 0.6) is 0 Å². The van der Waals surface area contributed by atoms with E-state index in [1.165, 1.54) is 30.9 Å². The fourth-order valence-corrected chi connectivity index (χ4v) is 5.12. The number of benzene rings is 3. The largest absolute Gasteiger partial charge is 0.489 e. The zero-order valence-electron chi connectivity index (χ0n) is 20.4. The van der Waals surface area contributed by atoms with E-state index in [0.29, 0.717) is 24.0 Å². The molecule has 3 aromatic rings. The van der Waals surface area contributed by atoms with Gasteiger partial charge < -0.3 is 9.47 Å². The minimum Gasteiger partial charge on any atom is -0.489 e. The first kappa shape index (κ1) is 24.2. The van der Waals surface area contributed by atoms with Crippen LogP contribution < -0.4 is 0 Å². The Hall–Kier alpha value is -3.92. The summed E-state index contributed by atoms with van der Waals surface area (Å²) in [6.45, 7) is 1.69. The Kier molecular flexibility index (Phi) is 7.31. The smallest absolute Gasteiger partial charge is 0.228 e. The van der Waals surface area contributed by atoms with Gasteiger partial charge in [-0.1, -0.05) is 91.0 Å². The maximum absolute atomic E-state index is 13.2. The molecule has 0 heterocycles. The molecule has 1 aliphatic carbocycles. The molecule has 0 spiro atoms. The fourth-order valence-electron chi connectivity index (χ4n) is 5.12. The summed E-state index contributed by atoms with van der Waals surface area (Å²) in [6, 6.07) is 31.4. The molecule has 0 saturated heterocycles. The Balaban J connectivity index is 1.74. The topological polar surface area (TPSA) is 52.6 Å². The molecule has 0 amide bonds. The highest BCUT2D eigenvalue weighted by Gasteiger charge is 2.38. The molecule has 35 heavy (non-hydrogen) atoms. The van der Waals surface area contributed by atoms with E-state index in [0.717, 1.165) is 6.42 Å². The highest BCUT2D eigenvalue weighted by atomic mass is 16.5. The number of hydrogen-bond acceptors (Lipinski definition) is 4. The van der Waals surface area contributed by atoms with Gasteiger partial charge in [-0.05, 0) is 42.9 Å². The lowest BCUT2D eigenvalue weighted by Crippen LogP contribution is -2.30. The summed E-state index contributed by atoms with van der Waals surface area (Å²) in [5, 5.41) is 0. The van der Waals surface area contributed by atoms with Crippen LogP contribution in [0.15, 0.2) is 114 Å². The van der Waals surface area contributed by atoms with E-state index in [2.05, 4.69) is 72.8 Å². The predicted octanol–water partition coefficient (Wildman–Crippen LogP) is 6.16. The summed E-state index contributed by atoms with van der Waals surface area (Å²) in [7, 11) is 2.77. The minimum atomic E-state index is -0.405. The Morgan fingerprint density at radius 3 is 1.43 bits per heavy atom. The Labute approximate surface area is 206 Å². The second kappa shape index (κ2) is 10.6. The minimum absolute atomic E-state index is 0.0152. The maximum Gasteiger partial charge on any atom is 0.228 e. The van der Waals surface area contributed by atoms with Crippen molar-refractivity contribution < 1.29 is 19.1 Å². The SMILES string of the molecule is COC1=C(OC)C(=O)C(CCCC(c2ccccc2)(c2ccccc2)c2ccccc2)=C(C)C1=O. The number of rotatable bonds is 9. The Morgan fingerprint density at radius 2 is 1.03 bits per heavy atom. The molecule has 0 bridgehead atoms. The van der Waals surface area contributed by atoms with Crippen molar-refractivity contribution in [2.45, 2.75) is 31.6 Å². The van der Waals surface area contributed by atoms with Crippen molar-refractivity contribution in [3.63, 3.8) is 0 Å². The summed E-state index contributed by atoms with van der Waals surface area (Å²) in [5.41, 5.74) is 4.08. The van der Waals surface area contributed by atoms with Crippen molar-refractivity contribution in [1.82, 2.24) is 0 Å². The van der Waals surface area contributed by atoms with Crippen molar-refractivity contribution in [3.05, 3.63) is 130 Å². The van der Waals surface area contributed by atoms with E-state index >= 15 is 0 Å². The standard InChI is InChI=1S/C31H30O4/c1-22-26(28(33)30(35-3)29(34-2)27(22)32)20-13-21-31(23-14-7-4-8-15-23,24-16-9-5-10-17-24)25-18-11-6-12-19-25/h4-12,14-19H,13,20-21H2,1-3H3. The van der Waals surface area contributed by atoms with E-state index in [-0.39, 0.29) is 23.1 Å². The summed E-state index contributed by atoms with van der Waals surface area (Å²) in [5.74, 6) is -0.602. The molecule has 0 aromatic heterocycles. The second-order valence-corrected chi connectivity index (χ2v) is 8.69. The van der Waals surface area contributed by atoms with Gasteiger partial charge in [0.25, 0.3) is 0 Å². The van der Waals surface area contributed by atoms with Gasteiger partial charge in [-0.2, -0.15) is 0 Å². The number of carbonyl (C=O) groups is 2. The Bertz CT molecular complexity index is 1160. The molecule has 0 radical (unpaired) electrons. The van der Waals surface area contributed by atoms with Crippen LogP contribution in [0.1, 0.15) is 42.9 Å². The van der Waals surface area contributed by atoms with Crippen molar-refractivity contribution in [1.29, 1.82) is 0 Å². The normalized spacial score (nSPS) is 14.4. The lowest BCUT2D eigenvalue weighted by Gasteiger charge is -2.36. The molecule has 4 heteroatoms. The number of Topliss-reactive ketones (excluding diaryl/α,β-unsaturated/α-hetero) is 2. The van der Waals surface area contributed by atoms with Gasteiger partial charge in [-0.25, -0.2) is 0 Å². The third-order valence-corrected chi connectivity index (χ3v) is 6.87. The van der Waals surface area contributed by atoms with Crippen LogP contribution in [0, 0.1) is 0 Å². The molecule has 3 aromatic carbocycles. The molecule has 4 nitrogen and oxygen atoms in total. The molecular weight excluding hydrogens is 436 g/mol. The second-order valence-electron chi connectivity index (χ2n) is 8.69. The van der Waals surface area contributed by atoms with Gasteiger partial charge >= 0.3 is 0 Å². The molecule has 0 atom stereocenters. The molecular formula is C31H30O4. The highest BCUT2D eigenvalue weighted by molar-refractivity contribution is 6.23. The maximum atomic E-state index is 13.2. The number of ether oxygens (including phenoxy) is 2. The molecule has 0 N–H and O–H groups in total. The molecule has 0 unspecified atom stereocenters. The van der Waals surface area contributed by atoms with Gasteiger partial charge in [0.1, 0.15) is 0 Å². The molecule has 4 rings (SSSR count). The summed E-state index contributed by atoms with van der Waals surface area (Å²) in [6.07, 6.45) is 1.92. The number of carbonyl (C=O) groups excluding carboxylic acids is 2. The van der Waals surface area contributed by atoms with Crippen LogP contribution >= 0.6 is 0 Å². The van der Waals surface area contributed by atoms with Crippen molar-refractivity contribution >= 4 is 11.6 Å². The van der Waals surface area contributed by atoms with Gasteiger partial charge in [-0.15, -0.1) is 0 Å². The van der Waals surface area contributed by atoms with E-state index < -0.39 is 5.41 Å². The predicted molar refractivity (Wildman–Crippen MR) is 137 cm³/mol. The number of allylic oxidation sites excluding steroid dienone is 2. The average molecular weight is 467 g/mol. The monoisotopic (exact) mass is 466 g/mol. The first-order chi connectivity index (χ1) is 17.0. The molecule has 1 aliphatic rings. The average Bonchev–Trinajstić information content (AvgIpc) is 2.92. The highest BCUT2D eigenvalue weighted by Crippen LogP contribution is 2.44. The number of methoxy groups -OCH3 is 2. The van der Waals surface area contributed by atoms with Crippen molar-refractivity contribution in [2.75, 3.05) is 14.2 Å². The van der Waals surface area contributed by atoms with Crippen molar-refractivity contribution in [3.8, 4) is 0 Å². The lowest BCUT2D eigenvalue weighted by molar-refractivity contribution is -0.121. The third kappa shape index (κ3) is 4.44. The molecule has 0 fully saturated rings. The van der Waals surface area contributed by atoms with Crippen LogP contribution in [0.4, 0.5) is 0 Å². The van der Waals surface area contributed by atoms with Crippen LogP contribution in [-0.4, -0.2) is 25.8 Å². The van der Waals surface area contributed by atoms with E-state index in [1.807, 2.05) is 18.2 Å². The van der Waals surface area contributed by atoms with E-state index in [9.17, 15) is 9.59 Å². The van der Waals surface area contributed by atoms with Gasteiger partial charge in [0.05, 0.1) is 14.2 Å². The first-order valence-corrected chi connectivity index (χ1v) is 11.8. The number of ketones is 2. The van der Waals surface area contributed by atoms with Crippen LogP contribution in [0.2, 0.25) is 0 Å². The van der Waals surface area contributed by atoms with Crippen LogP contribution in [-0.2, 0) is 24.5 Å². The fraction of sp³-hybridized carbons (Fsp3) is 0.226. The van der Waals surface area contributed by atoms with E-state index in [4.69, 9.17) is 9.47 Å². The summed E-state index contributed by atoms with van der Waals surface area (Å²) in [4.78, 5) is 26.0. The van der Waals surface area contributed by atoms with Gasteiger partial charge in [0.2, 0.25) is 23.1 Å². The van der Waals surface area contributed by atoms with Crippen LogP contribution in [0.25, 0.3) is 0 Å². The first-order valence-electron chi connectivity index (χ1n) is 11.8. The van der Waals surface area contributed by atoms with Crippen molar-refractivity contribution in [2.24, 2.45) is 0 Å². The third-order valence-electron chi connectivity index (χ3n) is 6.87.